The molecule has 0 spiro atoms. The van der Waals surface area contributed by atoms with Gasteiger partial charge in [0.2, 0.25) is 0 Å². The van der Waals surface area contributed by atoms with Crippen molar-refractivity contribution in [2.45, 2.75) is 31.9 Å². The lowest BCUT2D eigenvalue weighted by molar-refractivity contribution is 0.200. The maximum Gasteiger partial charge on any atom is 0.321 e. The fourth-order valence-corrected chi connectivity index (χ4v) is 5.03. The van der Waals surface area contributed by atoms with E-state index in [1.807, 2.05) is 13.8 Å². The van der Waals surface area contributed by atoms with Gasteiger partial charge >= 0.3 is 6.03 Å². The first-order chi connectivity index (χ1) is 11.3. The first-order valence-corrected chi connectivity index (χ1v) is 9.95. The van der Waals surface area contributed by atoms with Crippen molar-refractivity contribution in [3.05, 3.63) is 24.3 Å². The first-order valence-electron chi connectivity index (χ1n) is 8.23. The molecule has 0 aliphatic carbocycles. The van der Waals surface area contributed by atoms with E-state index in [4.69, 9.17) is 4.74 Å². The van der Waals surface area contributed by atoms with Crippen LogP contribution in [0.3, 0.4) is 0 Å². The maximum absolute atomic E-state index is 12.3. The lowest BCUT2D eigenvalue weighted by Gasteiger charge is -2.32. The highest BCUT2D eigenvalue weighted by atomic mass is 32.2. The smallest absolute Gasteiger partial charge is 0.321 e. The summed E-state index contributed by atoms with van der Waals surface area (Å²) in [7, 11) is -1.48. The van der Waals surface area contributed by atoms with Gasteiger partial charge < -0.3 is 15.0 Å². The predicted molar refractivity (Wildman–Crippen MR) is 95.2 cm³/mol. The number of urea groups is 1. The number of sulfone groups is 1. The molecule has 134 valence electrons. The Morgan fingerprint density at radius 2 is 1.83 bits per heavy atom. The Morgan fingerprint density at radius 1 is 1.25 bits per heavy atom. The van der Waals surface area contributed by atoms with E-state index in [0.717, 1.165) is 5.75 Å². The largest absolute Gasteiger partial charge is 0.497 e. The molecule has 0 unspecified atom stereocenters. The molecule has 2 amide bonds. The lowest BCUT2D eigenvalue weighted by atomic mass is 10.1. The van der Waals surface area contributed by atoms with Crippen molar-refractivity contribution in [1.29, 1.82) is 0 Å². The summed E-state index contributed by atoms with van der Waals surface area (Å²) in [6, 6.07) is 6.91. The Labute approximate surface area is 144 Å². The van der Waals surface area contributed by atoms with Crippen molar-refractivity contribution in [3.63, 3.8) is 0 Å². The van der Waals surface area contributed by atoms with Crippen molar-refractivity contribution in [2.75, 3.05) is 31.3 Å². The Hall–Kier alpha value is -1.76. The first kappa shape index (κ1) is 18.6. The number of hydrogen-bond acceptors (Lipinski definition) is 4. The third-order valence-corrected chi connectivity index (χ3v) is 6.76. The van der Waals surface area contributed by atoms with Gasteiger partial charge in [-0.05, 0) is 43.0 Å². The van der Waals surface area contributed by atoms with Crippen LogP contribution in [-0.2, 0) is 9.84 Å². The highest BCUT2D eigenvalue weighted by Gasteiger charge is 2.31. The van der Waals surface area contributed by atoms with E-state index >= 15 is 0 Å². The number of benzene rings is 1. The van der Waals surface area contributed by atoms with E-state index < -0.39 is 9.84 Å². The molecule has 6 nitrogen and oxygen atoms in total. The van der Waals surface area contributed by atoms with E-state index in [2.05, 4.69) is 5.32 Å². The third kappa shape index (κ3) is 4.87. The van der Waals surface area contributed by atoms with Crippen LogP contribution in [0.4, 0.5) is 10.5 Å². The van der Waals surface area contributed by atoms with Crippen LogP contribution in [0.5, 0.6) is 5.75 Å². The molecule has 1 aromatic carbocycles. The topological polar surface area (TPSA) is 75.7 Å². The highest BCUT2D eigenvalue weighted by molar-refractivity contribution is 7.92. The fraction of sp³-hybridized carbons (Fsp3) is 0.588. The van der Waals surface area contributed by atoms with Gasteiger partial charge in [-0.1, -0.05) is 13.8 Å². The summed E-state index contributed by atoms with van der Waals surface area (Å²) in [5, 5.41) is 2.50. The molecule has 1 aliphatic heterocycles. The van der Waals surface area contributed by atoms with Crippen LogP contribution in [0.15, 0.2) is 24.3 Å². The molecule has 24 heavy (non-hydrogen) atoms. The van der Waals surface area contributed by atoms with E-state index in [1.165, 1.54) is 0 Å². The minimum absolute atomic E-state index is 0.131. The second-order valence-electron chi connectivity index (χ2n) is 6.57. The van der Waals surface area contributed by atoms with Crippen molar-refractivity contribution in [1.82, 2.24) is 4.90 Å². The van der Waals surface area contributed by atoms with Crippen LogP contribution in [0.2, 0.25) is 0 Å². The summed E-state index contributed by atoms with van der Waals surface area (Å²) in [6.45, 7) is 4.75. The molecule has 7 heteroatoms. The number of likely N-dealkylation sites (tertiary alicyclic amines) is 1. The van der Waals surface area contributed by atoms with Gasteiger partial charge in [0.25, 0.3) is 0 Å². The van der Waals surface area contributed by atoms with Crippen LogP contribution < -0.4 is 10.1 Å². The second kappa shape index (κ2) is 7.88. The van der Waals surface area contributed by atoms with Crippen LogP contribution >= 0.6 is 0 Å². The summed E-state index contributed by atoms with van der Waals surface area (Å²) in [5.41, 5.74) is 0.690. The van der Waals surface area contributed by atoms with E-state index in [-0.39, 0.29) is 23.0 Å². The fourth-order valence-electron chi connectivity index (χ4n) is 2.90. The zero-order valence-electron chi connectivity index (χ0n) is 14.5. The van der Waals surface area contributed by atoms with Gasteiger partial charge in [-0.15, -0.1) is 0 Å². The number of carbonyl (C=O) groups excluding carboxylic acids is 1. The van der Waals surface area contributed by atoms with Crippen molar-refractivity contribution >= 4 is 21.6 Å². The van der Waals surface area contributed by atoms with Gasteiger partial charge in [-0.2, -0.15) is 0 Å². The van der Waals surface area contributed by atoms with E-state index in [0.29, 0.717) is 31.6 Å². The molecule has 1 aliphatic rings. The molecule has 1 saturated heterocycles. The molecule has 0 saturated carbocycles. The van der Waals surface area contributed by atoms with Crippen molar-refractivity contribution in [2.24, 2.45) is 5.92 Å². The molecule has 1 heterocycles. The summed E-state index contributed by atoms with van der Waals surface area (Å²) in [4.78, 5) is 14.0. The number of carbonyl (C=O) groups is 1. The molecular weight excluding hydrogens is 328 g/mol. The minimum Gasteiger partial charge on any atom is -0.497 e. The Kier molecular flexibility index (Phi) is 6.10. The molecule has 0 bridgehead atoms. The Morgan fingerprint density at radius 3 is 2.33 bits per heavy atom. The molecule has 0 aromatic heterocycles. The minimum atomic E-state index is -3.07. The van der Waals surface area contributed by atoms with Crippen molar-refractivity contribution in [3.8, 4) is 5.75 Å². The monoisotopic (exact) mass is 354 g/mol. The number of anilines is 1. The molecule has 1 fully saturated rings. The Bertz CT molecular complexity index is 648. The number of ether oxygens (including phenoxy) is 1. The standard InChI is InChI=1S/C17H26N2O4S/c1-13(2)12-24(21,22)16-8-10-19(11-9-16)17(20)18-14-4-6-15(23-3)7-5-14/h4-7,13,16H,8-12H2,1-3H3,(H,18,20). The van der Waals surface area contributed by atoms with Gasteiger partial charge in [0.05, 0.1) is 18.1 Å². The van der Waals surface area contributed by atoms with Gasteiger partial charge in [-0.25, -0.2) is 13.2 Å². The number of hydrogen-bond donors (Lipinski definition) is 1. The van der Waals surface area contributed by atoms with Crippen LogP contribution in [-0.4, -0.2) is 50.6 Å². The normalized spacial score (nSPS) is 16.2. The number of nitrogens with zero attached hydrogens (tertiary/aromatic N) is 1. The molecule has 1 N–H and O–H groups in total. The van der Waals surface area contributed by atoms with Crippen LogP contribution in [0.1, 0.15) is 26.7 Å². The number of rotatable bonds is 5. The average Bonchev–Trinajstić information content (AvgIpc) is 2.54. The molecule has 1 aromatic rings. The van der Waals surface area contributed by atoms with Gasteiger partial charge in [0.15, 0.2) is 9.84 Å². The average molecular weight is 354 g/mol. The quantitative estimate of drug-likeness (QED) is 0.882. The summed E-state index contributed by atoms with van der Waals surface area (Å²) < 4.78 is 29.7. The molecular formula is C17H26N2O4S. The van der Waals surface area contributed by atoms with Crippen LogP contribution in [0.25, 0.3) is 0 Å². The van der Waals surface area contributed by atoms with Gasteiger partial charge in [0, 0.05) is 18.8 Å². The number of piperidine rings is 1. The summed E-state index contributed by atoms with van der Waals surface area (Å²) in [6.07, 6.45) is 1.01. The SMILES string of the molecule is COc1ccc(NC(=O)N2CCC(S(=O)(=O)CC(C)C)CC2)cc1. The highest BCUT2D eigenvalue weighted by Crippen LogP contribution is 2.21. The molecule has 0 atom stereocenters. The summed E-state index contributed by atoms with van der Waals surface area (Å²) in [5.74, 6) is 1.07. The Balaban J connectivity index is 1.88. The van der Waals surface area contributed by atoms with Crippen molar-refractivity contribution < 1.29 is 17.9 Å². The van der Waals surface area contributed by atoms with Gasteiger partial charge in [-0.3, -0.25) is 0 Å². The van der Waals surface area contributed by atoms with E-state index in [1.54, 1.807) is 36.3 Å². The zero-order valence-corrected chi connectivity index (χ0v) is 15.3. The zero-order chi connectivity index (χ0) is 17.7. The van der Waals surface area contributed by atoms with Crippen LogP contribution in [0, 0.1) is 5.92 Å². The lowest BCUT2D eigenvalue weighted by Crippen LogP contribution is -2.45. The second-order valence-corrected chi connectivity index (χ2v) is 8.89. The predicted octanol–water partition coefficient (Wildman–Crippen LogP) is 2.76. The number of methoxy groups -OCH3 is 1. The summed E-state index contributed by atoms with van der Waals surface area (Å²) >= 11 is 0. The third-order valence-electron chi connectivity index (χ3n) is 4.14. The van der Waals surface area contributed by atoms with E-state index in [9.17, 15) is 13.2 Å². The maximum atomic E-state index is 12.3. The number of amides is 2. The van der Waals surface area contributed by atoms with Gasteiger partial charge in [0.1, 0.15) is 5.75 Å². The molecule has 0 radical (unpaired) electrons. The number of nitrogens with one attached hydrogen (secondary N) is 1. The molecule has 2 rings (SSSR count).